The van der Waals surface area contributed by atoms with Gasteiger partial charge in [0, 0.05) is 26.2 Å². The zero-order valence-electron chi connectivity index (χ0n) is 19.6. The van der Waals surface area contributed by atoms with Crippen LogP contribution in [0.5, 0.6) is 0 Å². The minimum atomic E-state index is -3.66. The Morgan fingerprint density at radius 3 is 2.18 bits per heavy atom. The molecule has 184 valence electrons. The molecule has 0 bridgehead atoms. The molecule has 2 aromatic rings. The van der Waals surface area contributed by atoms with Crippen LogP contribution in [-0.4, -0.2) is 49.7 Å². The maximum absolute atomic E-state index is 13.2. The van der Waals surface area contributed by atoms with Gasteiger partial charge in [0.2, 0.25) is 10.0 Å². The smallest absolute Gasteiger partial charge is 0.253 e. The van der Waals surface area contributed by atoms with E-state index in [-0.39, 0.29) is 21.4 Å². The molecule has 34 heavy (non-hydrogen) atoms. The molecule has 0 spiro atoms. The summed E-state index contributed by atoms with van der Waals surface area (Å²) < 4.78 is 27.9. The Bertz CT molecular complexity index is 1090. The SMILES string of the molecule is O=C(NCc1ccccc1CN1CCCCC1)c1cc(S(=O)(=O)N2CCCCCC2)ccc1Cl. The van der Waals surface area contributed by atoms with Gasteiger partial charge < -0.3 is 5.32 Å². The maximum atomic E-state index is 13.2. The van der Waals surface area contributed by atoms with Crippen LogP contribution in [0.3, 0.4) is 0 Å². The summed E-state index contributed by atoms with van der Waals surface area (Å²) in [5.41, 5.74) is 2.45. The van der Waals surface area contributed by atoms with Crippen molar-refractivity contribution in [1.29, 1.82) is 0 Å². The molecule has 2 fully saturated rings. The monoisotopic (exact) mass is 503 g/mol. The van der Waals surface area contributed by atoms with E-state index in [1.165, 1.54) is 47.3 Å². The molecule has 1 N–H and O–H groups in total. The fraction of sp³-hybridized carbons (Fsp3) is 0.500. The van der Waals surface area contributed by atoms with Gasteiger partial charge >= 0.3 is 0 Å². The minimum absolute atomic E-state index is 0.120. The standard InChI is InChI=1S/C26H34ClN3O3S/c27-25-13-12-23(34(32,33)30-16-8-1-2-9-17-30)18-24(25)26(31)28-19-21-10-4-5-11-22(21)20-29-14-6-3-7-15-29/h4-5,10-13,18H,1-3,6-9,14-17,19-20H2,(H,28,31). The highest BCUT2D eigenvalue weighted by Gasteiger charge is 2.26. The second kappa shape index (κ2) is 11.7. The van der Waals surface area contributed by atoms with Crippen LogP contribution >= 0.6 is 11.6 Å². The van der Waals surface area contributed by atoms with Crippen molar-refractivity contribution in [3.8, 4) is 0 Å². The molecule has 6 nitrogen and oxygen atoms in total. The van der Waals surface area contributed by atoms with Crippen molar-refractivity contribution in [2.45, 2.75) is 62.9 Å². The first-order chi connectivity index (χ1) is 16.4. The van der Waals surface area contributed by atoms with Crippen molar-refractivity contribution in [2.24, 2.45) is 0 Å². The third-order valence-corrected chi connectivity index (χ3v) is 9.01. The number of benzene rings is 2. The second-order valence-corrected chi connectivity index (χ2v) is 11.6. The van der Waals surface area contributed by atoms with Crippen LogP contribution in [-0.2, 0) is 23.1 Å². The average molecular weight is 504 g/mol. The number of hydrogen-bond donors (Lipinski definition) is 1. The van der Waals surface area contributed by atoms with Crippen molar-refractivity contribution >= 4 is 27.5 Å². The number of nitrogens with one attached hydrogen (secondary N) is 1. The first-order valence-corrected chi connectivity index (χ1v) is 14.1. The van der Waals surface area contributed by atoms with E-state index in [9.17, 15) is 13.2 Å². The normalized spacial score (nSPS) is 18.4. The lowest BCUT2D eigenvalue weighted by Crippen LogP contribution is -2.32. The van der Waals surface area contributed by atoms with Crippen molar-refractivity contribution < 1.29 is 13.2 Å². The molecule has 2 aromatic carbocycles. The quantitative estimate of drug-likeness (QED) is 0.588. The Balaban J connectivity index is 1.47. The fourth-order valence-corrected chi connectivity index (χ4v) is 6.53. The van der Waals surface area contributed by atoms with Crippen molar-refractivity contribution in [1.82, 2.24) is 14.5 Å². The fourth-order valence-electron chi connectivity index (χ4n) is 4.78. The van der Waals surface area contributed by atoms with Gasteiger partial charge in [0.1, 0.15) is 0 Å². The number of sulfonamides is 1. The van der Waals surface area contributed by atoms with E-state index in [2.05, 4.69) is 16.3 Å². The summed E-state index contributed by atoms with van der Waals surface area (Å²) in [6, 6.07) is 12.6. The Labute approximate surface area is 208 Å². The molecule has 2 aliphatic rings. The van der Waals surface area contributed by atoms with Gasteiger partial charge in [-0.15, -0.1) is 0 Å². The molecule has 0 radical (unpaired) electrons. The number of hydrogen-bond acceptors (Lipinski definition) is 4. The highest BCUT2D eigenvalue weighted by Crippen LogP contribution is 2.25. The number of rotatable bonds is 7. The van der Waals surface area contributed by atoms with Gasteiger partial charge in [-0.3, -0.25) is 9.69 Å². The Morgan fingerprint density at radius 2 is 1.47 bits per heavy atom. The maximum Gasteiger partial charge on any atom is 0.253 e. The number of likely N-dealkylation sites (tertiary alicyclic amines) is 1. The zero-order valence-corrected chi connectivity index (χ0v) is 21.2. The Hall–Kier alpha value is -1.93. The van der Waals surface area contributed by atoms with Crippen LogP contribution in [0.4, 0.5) is 0 Å². The molecule has 0 saturated carbocycles. The van der Waals surface area contributed by atoms with Gasteiger partial charge in [-0.1, -0.05) is 55.1 Å². The lowest BCUT2D eigenvalue weighted by molar-refractivity contribution is 0.0950. The van der Waals surface area contributed by atoms with Gasteiger partial charge in [-0.2, -0.15) is 4.31 Å². The van der Waals surface area contributed by atoms with E-state index in [0.29, 0.717) is 19.6 Å². The third-order valence-electron chi connectivity index (χ3n) is 6.79. The van der Waals surface area contributed by atoms with Gasteiger partial charge in [0.25, 0.3) is 5.91 Å². The average Bonchev–Trinajstić information content (AvgIpc) is 3.14. The molecule has 0 aliphatic carbocycles. The van der Waals surface area contributed by atoms with Crippen LogP contribution < -0.4 is 5.32 Å². The number of carbonyl (C=O) groups excluding carboxylic acids is 1. The van der Waals surface area contributed by atoms with Gasteiger partial charge in [0.05, 0.1) is 15.5 Å². The predicted octanol–water partition coefficient (Wildman–Crippen LogP) is 4.82. The largest absolute Gasteiger partial charge is 0.348 e. The van der Waals surface area contributed by atoms with Crippen LogP contribution in [0, 0.1) is 0 Å². The first-order valence-electron chi connectivity index (χ1n) is 12.3. The summed E-state index contributed by atoms with van der Waals surface area (Å²) in [6.45, 7) is 4.47. The van der Waals surface area contributed by atoms with E-state index in [4.69, 9.17) is 11.6 Å². The summed E-state index contributed by atoms with van der Waals surface area (Å²) in [4.78, 5) is 15.6. The molecule has 0 aromatic heterocycles. The Kier molecular flexibility index (Phi) is 8.64. The highest BCUT2D eigenvalue weighted by molar-refractivity contribution is 7.89. The molecule has 0 atom stereocenters. The van der Waals surface area contributed by atoms with Gasteiger partial charge in [-0.05, 0) is 68.1 Å². The number of carbonyl (C=O) groups is 1. The molecule has 2 saturated heterocycles. The van der Waals surface area contributed by atoms with Crippen LogP contribution in [0.15, 0.2) is 47.4 Å². The molecular formula is C26H34ClN3O3S. The summed E-state index contributed by atoms with van der Waals surface area (Å²) in [6.07, 6.45) is 7.55. The van der Waals surface area contributed by atoms with Crippen LogP contribution in [0.25, 0.3) is 0 Å². The van der Waals surface area contributed by atoms with Crippen molar-refractivity contribution in [3.63, 3.8) is 0 Å². The molecule has 2 aliphatic heterocycles. The summed E-state index contributed by atoms with van der Waals surface area (Å²) in [5, 5.41) is 3.20. The number of nitrogens with zero attached hydrogens (tertiary/aromatic N) is 2. The Morgan fingerprint density at radius 1 is 0.853 bits per heavy atom. The lowest BCUT2D eigenvalue weighted by atomic mass is 10.0. The molecule has 2 heterocycles. The lowest BCUT2D eigenvalue weighted by Gasteiger charge is -2.27. The molecule has 8 heteroatoms. The van der Waals surface area contributed by atoms with E-state index >= 15 is 0 Å². The zero-order chi connectivity index (χ0) is 24.0. The molecule has 0 unspecified atom stereocenters. The van der Waals surface area contributed by atoms with Crippen LogP contribution in [0.1, 0.15) is 66.4 Å². The number of amides is 1. The highest BCUT2D eigenvalue weighted by atomic mass is 35.5. The molecular weight excluding hydrogens is 470 g/mol. The number of piperidine rings is 1. The van der Waals surface area contributed by atoms with Crippen molar-refractivity contribution in [2.75, 3.05) is 26.2 Å². The van der Waals surface area contributed by atoms with E-state index in [1.54, 1.807) is 0 Å². The molecule has 4 rings (SSSR count). The van der Waals surface area contributed by atoms with Gasteiger partial charge in [-0.25, -0.2) is 8.42 Å². The van der Waals surface area contributed by atoms with E-state index in [0.717, 1.165) is 50.9 Å². The summed E-state index contributed by atoms with van der Waals surface area (Å²) in [7, 11) is -3.66. The second-order valence-electron chi connectivity index (χ2n) is 9.25. The van der Waals surface area contributed by atoms with E-state index in [1.807, 2.05) is 18.2 Å². The topological polar surface area (TPSA) is 69.7 Å². The molecule has 1 amide bonds. The summed E-state index contributed by atoms with van der Waals surface area (Å²) >= 11 is 6.32. The minimum Gasteiger partial charge on any atom is -0.348 e. The van der Waals surface area contributed by atoms with Gasteiger partial charge in [0.15, 0.2) is 0 Å². The van der Waals surface area contributed by atoms with Crippen molar-refractivity contribution in [3.05, 3.63) is 64.2 Å². The predicted molar refractivity (Wildman–Crippen MR) is 135 cm³/mol. The third kappa shape index (κ3) is 6.19. The number of halogens is 1. The first kappa shape index (κ1) is 25.2. The summed E-state index contributed by atoms with van der Waals surface area (Å²) in [5.74, 6) is -0.370. The van der Waals surface area contributed by atoms with E-state index < -0.39 is 10.0 Å². The van der Waals surface area contributed by atoms with Crippen LogP contribution in [0.2, 0.25) is 5.02 Å².